The molecule has 0 spiro atoms. The maximum Gasteiger partial charge on any atom is 0.405 e. The molecule has 0 atom stereocenters. The van der Waals surface area contributed by atoms with Gasteiger partial charge in [-0.3, -0.25) is 4.79 Å². The van der Waals surface area contributed by atoms with Crippen LogP contribution >= 0.6 is 0 Å². The third-order valence-electron chi connectivity index (χ3n) is 2.39. The largest absolute Gasteiger partial charge is 0.507 e. The Morgan fingerprint density at radius 2 is 1.95 bits per heavy atom. The van der Waals surface area contributed by atoms with E-state index in [0.717, 1.165) is 12.1 Å². The van der Waals surface area contributed by atoms with E-state index in [4.69, 9.17) is 4.74 Å². The summed E-state index contributed by atoms with van der Waals surface area (Å²) < 4.78 is 40.8. The average Bonchev–Trinajstić information content (AvgIpc) is 2.36. The molecule has 6 nitrogen and oxygen atoms in total. The number of phenolic OH excluding ortho intramolecular Hbond substituents is 1. The molecule has 0 aliphatic rings. The van der Waals surface area contributed by atoms with Crippen LogP contribution < -0.4 is 15.4 Å². The molecule has 0 saturated carbocycles. The van der Waals surface area contributed by atoms with Gasteiger partial charge in [0.15, 0.2) is 5.78 Å². The number of carbonyl (C=O) groups is 2. The zero-order valence-corrected chi connectivity index (χ0v) is 11.2. The molecule has 0 radical (unpaired) electrons. The molecule has 0 aromatic heterocycles. The predicted molar refractivity (Wildman–Crippen MR) is 67.7 cm³/mol. The minimum absolute atomic E-state index is 0.000316. The summed E-state index contributed by atoms with van der Waals surface area (Å²) in [4.78, 5) is 22.7. The van der Waals surface area contributed by atoms with Crippen molar-refractivity contribution >= 4 is 17.5 Å². The summed E-state index contributed by atoms with van der Waals surface area (Å²) in [7, 11) is 1.24. The van der Waals surface area contributed by atoms with Gasteiger partial charge in [0.1, 0.15) is 18.0 Å². The van der Waals surface area contributed by atoms with Gasteiger partial charge < -0.3 is 20.5 Å². The van der Waals surface area contributed by atoms with E-state index in [1.807, 2.05) is 0 Å². The SMILES string of the molecule is COc1cc(O)c(C(C)=O)cc1NC(=O)NCC(F)(F)F. The number of hydrogen-bond acceptors (Lipinski definition) is 4. The molecule has 0 fully saturated rings. The molecule has 21 heavy (non-hydrogen) atoms. The number of ketones is 1. The Morgan fingerprint density at radius 3 is 2.43 bits per heavy atom. The molecule has 0 bridgehead atoms. The highest BCUT2D eigenvalue weighted by atomic mass is 19.4. The summed E-state index contributed by atoms with van der Waals surface area (Å²) in [5, 5.41) is 13.3. The zero-order valence-electron chi connectivity index (χ0n) is 11.2. The van der Waals surface area contributed by atoms with Crippen molar-refractivity contribution in [3.05, 3.63) is 17.7 Å². The van der Waals surface area contributed by atoms with Crippen LogP contribution in [0.25, 0.3) is 0 Å². The van der Waals surface area contributed by atoms with E-state index in [0.29, 0.717) is 0 Å². The Hall–Kier alpha value is -2.45. The minimum atomic E-state index is -4.54. The number of ether oxygens (including phenoxy) is 1. The van der Waals surface area contributed by atoms with Crippen LogP contribution in [0.2, 0.25) is 0 Å². The number of halogens is 3. The summed E-state index contributed by atoms with van der Waals surface area (Å²) in [6.07, 6.45) is -4.54. The molecule has 1 aromatic carbocycles. The first kappa shape index (κ1) is 16.6. The van der Waals surface area contributed by atoms with Crippen molar-refractivity contribution in [2.24, 2.45) is 0 Å². The number of aromatic hydroxyl groups is 1. The lowest BCUT2D eigenvalue weighted by molar-refractivity contribution is -0.122. The molecule has 0 aliphatic heterocycles. The van der Waals surface area contributed by atoms with Crippen LogP contribution in [-0.2, 0) is 0 Å². The van der Waals surface area contributed by atoms with E-state index in [1.54, 1.807) is 5.32 Å². The van der Waals surface area contributed by atoms with E-state index >= 15 is 0 Å². The highest BCUT2D eigenvalue weighted by molar-refractivity contribution is 6.00. The number of phenols is 1. The van der Waals surface area contributed by atoms with Gasteiger partial charge in [0, 0.05) is 6.07 Å². The molecule has 0 aliphatic carbocycles. The van der Waals surface area contributed by atoms with Crippen LogP contribution in [-0.4, -0.2) is 36.8 Å². The lowest BCUT2D eigenvalue weighted by atomic mass is 10.1. The van der Waals surface area contributed by atoms with Gasteiger partial charge in [-0.15, -0.1) is 0 Å². The van der Waals surface area contributed by atoms with Gasteiger partial charge in [0.2, 0.25) is 0 Å². The number of alkyl halides is 3. The Bertz CT molecular complexity index is 558. The lowest BCUT2D eigenvalue weighted by Crippen LogP contribution is -2.36. The monoisotopic (exact) mass is 306 g/mol. The fraction of sp³-hybridized carbons (Fsp3) is 0.333. The van der Waals surface area contributed by atoms with Gasteiger partial charge in [0.05, 0.1) is 18.4 Å². The maximum absolute atomic E-state index is 12.0. The van der Waals surface area contributed by atoms with Crippen LogP contribution in [0.15, 0.2) is 12.1 Å². The number of nitrogens with one attached hydrogen (secondary N) is 2. The maximum atomic E-state index is 12.0. The molecule has 0 heterocycles. The molecule has 0 unspecified atom stereocenters. The van der Waals surface area contributed by atoms with Crippen molar-refractivity contribution < 1.29 is 32.6 Å². The number of rotatable bonds is 4. The zero-order chi connectivity index (χ0) is 16.2. The number of Topliss-reactive ketones (excluding diaryl/α,β-unsaturated/α-hetero) is 1. The Labute approximate surface area is 117 Å². The van der Waals surface area contributed by atoms with Crippen LogP contribution in [0.5, 0.6) is 11.5 Å². The van der Waals surface area contributed by atoms with E-state index in [1.165, 1.54) is 14.0 Å². The number of urea groups is 1. The predicted octanol–water partition coefficient (Wildman–Crippen LogP) is 2.29. The second-order valence-electron chi connectivity index (χ2n) is 4.05. The smallest absolute Gasteiger partial charge is 0.405 e. The van der Waals surface area contributed by atoms with E-state index in [2.05, 4.69) is 5.32 Å². The molecule has 1 rings (SSSR count). The van der Waals surface area contributed by atoms with Gasteiger partial charge >= 0.3 is 12.2 Å². The van der Waals surface area contributed by atoms with Gasteiger partial charge in [-0.25, -0.2) is 4.79 Å². The van der Waals surface area contributed by atoms with Crippen molar-refractivity contribution in [2.45, 2.75) is 13.1 Å². The molecule has 1 aromatic rings. The van der Waals surface area contributed by atoms with E-state index < -0.39 is 24.5 Å². The van der Waals surface area contributed by atoms with Gasteiger partial charge in [-0.1, -0.05) is 0 Å². The quantitative estimate of drug-likeness (QED) is 0.588. The molecule has 9 heteroatoms. The topological polar surface area (TPSA) is 87.7 Å². The third kappa shape index (κ3) is 4.86. The second-order valence-corrected chi connectivity index (χ2v) is 4.05. The second kappa shape index (κ2) is 6.33. The van der Waals surface area contributed by atoms with Crippen molar-refractivity contribution in [3.63, 3.8) is 0 Å². The third-order valence-corrected chi connectivity index (χ3v) is 2.39. The number of methoxy groups -OCH3 is 1. The highest BCUT2D eigenvalue weighted by Crippen LogP contribution is 2.32. The number of amides is 2. The Morgan fingerprint density at radius 1 is 1.33 bits per heavy atom. The summed E-state index contributed by atoms with van der Waals surface area (Å²) in [6.45, 7) is -0.312. The minimum Gasteiger partial charge on any atom is -0.507 e. The summed E-state index contributed by atoms with van der Waals surface area (Å²) in [5.41, 5.74) is -0.137. The van der Waals surface area contributed by atoms with Crippen LogP contribution in [0.3, 0.4) is 0 Å². The standard InChI is InChI=1S/C12H13F3N2O4/c1-6(18)7-3-8(10(21-2)4-9(7)19)17-11(20)16-5-12(13,14)15/h3-4,19H,5H2,1-2H3,(H2,16,17,20). The molecular weight excluding hydrogens is 293 g/mol. The van der Waals surface area contributed by atoms with Crippen molar-refractivity contribution in [3.8, 4) is 11.5 Å². The highest BCUT2D eigenvalue weighted by Gasteiger charge is 2.28. The molecular formula is C12H13F3N2O4. The molecule has 3 N–H and O–H groups in total. The van der Waals surface area contributed by atoms with E-state index in [9.17, 15) is 27.9 Å². The first-order valence-corrected chi connectivity index (χ1v) is 5.67. The summed E-state index contributed by atoms with van der Waals surface area (Å²) in [6, 6.07) is 1.07. The van der Waals surface area contributed by atoms with Crippen LogP contribution in [0.1, 0.15) is 17.3 Å². The van der Waals surface area contributed by atoms with Crippen molar-refractivity contribution in [1.29, 1.82) is 0 Å². The number of hydrogen-bond donors (Lipinski definition) is 3. The van der Waals surface area contributed by atoms with Crippen molar-refractivity contribution in [2.75, 3.05) is 19.0 Å². The summed E-state index contributed by atoms with van der Waals surface area (Å²) >= 11 is 0. The first-order chi connectivity index (χ1) is 9.64. The van der Waals surface area contributed by atoms with Crippen LogP contribution in [0, 0.1) is 0 Å². The average molecular weight is 306 g/mol. The summed E-state index contributed by atoms with van der Waals surface area (Å²) in [5.74, 6) is -0.839. The number of anilines is 1. The fourth-order valence-electron chi connectivity index (χ4n) is 1.46. The lowest BCUT2D eigenvalue weighted by Gasteiger charge is -2.14. The number of benzene rings is 1. The Balaban J connectivity index is 2.93. The van der Waals surface area contributed by atoms with Gasteiger partial charge in [-0.05, 0) is 13.0 Å². The van der Waals surface area contributed by atoms with Crippen molar-refractivity contribution in [1.82, 2.24) is 5.32 Å². The Kier molecular flexibility index (Phi) is 5.01. The normalized spacial score (nSPS) is 10.9. The van der Waals surface area contributed by atoms with Gasteiger partial charge in [0.25, 0.3) is 0 Å². The van der Waals surface area contributed by atoms with Gasteiger partial charge in [-0.2, -0.15) is 13.2 Å². The fourth-order valence-corrected chi connectivity index (χ4v) is 1.46. The molecule has 116 valence electrons. The van der Waals surface area contributed by atoms with E-state index in [-0.39, 0.29) is 22.7 Å². The first-order valence-electron chi connectivity index (χ1n) is 5.67. The molecule has 0 saturated heterocycles. The molecule has 2 amide bonds. The van der Waals surface area contributed by atoms with Crippen LogP contribution in [0.4, 0.5) is 23.7 Å². The number of carbonyl (C=O) groups excluding carboxylic acids is 2.